The Morgan fingerprint density at radius 3 is 1.00 bits per heavy atom. The zero-order chi connectivity index (χ0) is 19.5. The highest BCUT2D eigenvalue weighted by molar-refractivity contribution is 7.86. The summed E-state index contributed by atoms with van der Waals surface area (Å²) >= 11 is 0. The Hall–Kier alpha value is -0.570. The van der Waals surface area contributed by atoms with E-state index in [0.717, 1.165) is 14.2 Å². The normalized spacial score (nSPS) is 11.4. The second-order valence-corrected chi connectivity index (χ2v) is 7.48. The van der Waals surface area contributed by atoms with E-state index in [1.54, 1.807) is 0 Å². The molecule has 0 saturated carbocycles. The molecule has 0 radical (unpaired) electrons. The molecule has 0 aromatic carbocycles. The summed E-state index contributed by atoms with van der Waals surface area (Å²) in [6.07, 6.45) is 0.668. The van der Waals surface area contributed by atoms with E-state index in [-0.39, 0.29) is 14.9 Å². The lowest BCUT2D eigenvalue weighted by atomic mass is 11.6. The average Bonchev–Trinajstić information content (AvgIpc) is 2.25. The van der Waals surface area contributed by atoms with Crippen molar-refractivity contribution in [3.8, 4) is 0 Å². The van der Waals surface area contributed by atoms with Gasteiger partial charge in [0.1, 0.15) is 0 Å². The van der Waals surface area contributed by atoms with Crippen molar-refractivity contribution in [1.29, 1.82) is 0 Å². The highest BCUT2D eigenvalue weighted by atomic mass is 32.3. The molecule has 12 nitrogen and oxygen atoms in total. The van der Waals surface area contributed by atoms with Crippen LogP contribution in [-0.2, 0) is 58.4 Å². The van der Waals surface area contributed by atoms with Crippen LogP contribution in [0.1, 0.15) is 14.9 Å². The number of rotatable bonds is 6. The van der Waals surface area contributed by atoms with Gasteiger partial charge in [0.05, 0.1) is 20.5 Å². The summed E-state index contributed by atoms with van der Waals surface area (Å²) in [4.78, 5) is 0. The van der Waals surface area contributed by atoms with Crippen LogP contribution in [0.4, 0.5) is 11.7 Å². The Morgan fingerprint density at radius 1 is 0.640 bits per heavy atom. The minimum absolute atomic E-state index is 0. The molecule has 19 heteroatoms. The first-order chi connectivity index (χ1) is 9.83. The SMILES string of the molecule is C.C.COS(=O)(=O)F.COS(=O)(=O)F.CS(=O)(=O)OCOS(=O)(=O)F. The van der Waals surface area contributed by atoms with Crippen molar-refractivity contribution in [3.63, 3.8) is 0 Å². The molecule has 0 N–H and O–H groups in total. The maximum absolute atomic E-state index is 11.4. The molecule has 0 aliphatic carbocycles. The summed E-state index contributed by atoms with van der Waals surface area (Å²) in [6, 6.07) is 0. The molecule has 0 fully saturated rings. The van der Waals surface area contributed by atoms with Crippen molar-refractivity contribution in [1.82, 2.24) is 0 Å². The number of hydrogen-bond acceptors (Lipinski definition) is 12. The molecule has 0 heterocycles. The zero-order valence-electron chi connectivity index (χ0n) is 11.4. The average molecular weight is 468 g/mol. The van der Waals surface area contributed by atoms with Crippen molar-refractivity contribution in [2.24, 2.45) is 0 Å². The molecular weight excluding hydrogens is 449 g/mol. The van der Waals surface area contributed by atoms with Gasteiger partial charge < -0.3 is 0 Å². The van der Waals surface area contributed by atoms with Gasteiger partial charge in [0, 0.05) is 0 Å². The summed E-state index contributed by atoms with van der Waals surface area (Å²) < 4.78 is 122. The summed E-state index contributed by atoms with van der Waals surface area (Å²) in [6.45, 7) is -1.18. The van der Waals surface area contributed by atoms with Gasteiger partial charge in [-0.25, -0.2) is 16.7 Å². The predicted molar refractivity (Wildman–Crippen MR) is 79.4 cm³/mol. The van der Waals surface area contributed by atoms with Crippen molar-refractivity contribution < 1.29 is 62.1 Å². The van der Waals surface area contributed by atoms with E-state index in [1.165, 1.54) is 0 Å². The summed E-state index contributed by atoms with van der Waals surface area (Å²) in [5, 5.41) is 0. The van der Waals surface area contributed by atoms with Crippen LogP contribution in [0, 0.1) is 0 Å². The largest absolute Gasteiger partial charge is 0.439 e. The Kier molecular flexibility index (Phi) is 20.7. The van der Waals surface area contributed by atoms with E-state index in [0.29, 0.717) is 6.26 Å². The minimum Gasteiger partial charge on any atom is -0.248 e. The fourth-order valence-corrected chi connectivity index (χ4v) is 0.611. The van der Waals surface area contributed by atoms with Crippen LogP contribution < -0.4 is 0 Å². The molecule has 0 bridgehead atoms. The Labute approximate surface area is 146 Å². The van der Waals surface area contributed by atoms with Gasteiger partial charge in [-0.1, -0.05) is 26.5 Å². The van der Waals surface area contributed by atoms with Gasteiger partial charge in [-0.2, -0.15) is 33.7 Å². The first-order valence-corrected chi connectivity index (χ1v) is 10.0. The van der Waals surface area contributed by atoms with E-state index >= 15 is 0 Å². The van der Waals surface area contributed by atoms with Crippen LogP contribution in [0.5, 0.6) is 0 Å². The van der Waals surface area contributed by atoms with E-state index < -0.39 is 48.4 Å². The third-order valence-corrected chi connectivity index (χ3v) is 2.55. The van der Waals surface area contributed by atoms with Crippen molar-refractivity contribution in [3.05, 3.63) is 0 Å². The zero-order valence-corrected chi connectivity index (χ0v) is 14.6. The monoisotopic (exact) mass is 468 g/mol. The molecule has 0 aromatic heterocycles. The molecule has 25 heavy (non-hydrogen) atoms. The fraction of sp³-hybridized carbons (Fsp3) is 1.00. The van der Waals surface area contributed by atoms with Crippen LogP contribution in [0.25, 0.3) is 0 Å². The third kappa shape index (κ3) is 59.7. The highest BCUT2D eigenvalue weighted by Crippen LogP contribution is 1.95. The number of hydrogen-bond donors (Lipinski definition) is 0. The van der Waals surface area contributed by atoms with Crippen LogP contribution in [-0.4, -0.2) is 60.9 Å². The maximum atomic E-state index is 11.4. The van der Waals surface area contributed by atoms with Crippen molar-refractivity contribution in [2.45, 2.75) is 14.9 Å². The van der Waals surface area contributed by atoms with Crippen LogP contribution >= 0.6 is 0 Å². The summed E-state index contributed by atoms with van der Waals surface area (Å²) in [5.41, 5.74) is 0. The Bertz CT molecular complexity index is 660. The first kappa shape index (κ1) is 35.5. The summed E-state index contributed by atoms with van der Waals surface area (Å²) in [5.74, 6) is 0. The standard InChI is InChI=1S/C2H5FO6S2.2CH3FO3S.2CH4/c1-10(4,5)8-2-9-11(3,6)7;2*1-5-6(2,3)4;;/h2H2,1H3;2*1H3;2*1H4. The van der Waals surface area contributed by atoms with Gasteiger partial charge in [0.25, 0.3) is 10.1 Å². The van der Waals surface area contributed by atoms with Crippen LogP contribution in [0.15, 0.2) is 0 Å². The molecule has 0 spiro atoms. The second-order valence-electron chi connectivity index (χ2n) is 2.57. The molecule has 0 saturated heterocycles. The van der Waals surface area contributed by atoms with Gasteiger partial charge in [-0.05, 0) is 0 Å². The number of halogens is 3. The third-order valence-electron chi connectivity index (χ3n) is 0.849. The highest BCUT2D eigenvalue weighted by Gasteiger charge is 2.09. The predicted octanol–water partition coefficient (Wildman–Crippen LogP) is 0.117. The van der Waals surface area contributed by atoms with E-state index in [4.69, 9.17) is 16.8 Å². The Morgan fingerprint density at radius 2 is 0.880 bits per heavy atom. The molecule has 0 unspecified atom stereocenters. The molecule has 0 rings (SSSR count). The second kappa shape index (κ2) is 14.6. The molecule has 0 aliphatic heterocycles. The maximum Gasteiger partial charge on any atom is 0.439 e. The van der Waals surface area contributed by atoms with Crippen LogP contribution in [0.2, 0.25) is 0 Å². The van der Waals surface area contributed by atoms with E-state index in [2.05, 4.69) is 16.7 Å². The quantitative estimate of drug-likeness (QED) is 0.293. The van der Waals surface area contributed by atoms with Gasteiger partial charge >= 0.3 is 31.5 Å². The van der Waals surface area contributed by atoms with E-state index in [1.807, 2.05) is 0 Å². The molecule has 0 aliphatic rings. The van der Waals surface area contributed by atoms with Gasteiger partial charge in [0.15, 0.2) is 6.79 Å². The fourth-order valence-electron chi connectivity index (χ4n) is 0.165. The molecule has 0 aromatic rings. The molecular formula is C6H19F3O12S4. The van der Waals surface area contributed by atoms with Gasteiger partial charge in [0.2, 0.25) is 0 Å². The van der Waals surface area contributed by atoms with Crippen molar-refractivity contribution in [2.75, 3.05) is 27.3 Å². The minimum atomic E-state index is -5.14. The summed E-state index contributed by atoms with van der Waals surface area (Å²) in [7, 11) is -16.8. The van der Waals surface area contributed by atoms with Gasteiger partial charge in [-0.3, -0.25) is 0 Å². The lowest BCUT2D eigenvalue weighted by Gasteiger charge is -1.96. The van der Waals surface area contributed by atoms with Crippen LogP contribution in [0.3, 0.4) is 0 Å². The molecule has 0 atom stereocenters. The smallest absolute Gasteiger partial charge is 0.248 e. The lowest BCUT2D eigenvalue weighted by molar-refractivity contribution is 0.126. The van der Waals surface area contributed by atoms with E-state index in [9.17, 15) is 28.5 Å². The molecule has 160 valence electrons. The lowest BCUT2D eigenvalue weighted by Crippen LogP contribution is -2.09. The van der Waals surface area contributed by atoms with Crippen molar-refractivity contribution >= 4 is 41.6 Å². The molecule has 0 amide bonds. The van der Waals surface area contributed by atoms with Gasteiger partial charge in [-0.15, -0.1) is 0 Å². The first-order valence-electron chi connectivity index (χ1n) is 4.27. The topological polar surface area (TPSA) is 173 Å². The Balaban J connectivity index is -0.0000000827.